The van der Waals surface area contributed by atoms with Gasteiger partial charge in [0.2, 0.25) is 0 Å². The molecule has 19 heavy (non-hydrogen) atoms. The first kappa shape index (κ1) is 13.1. The van der Waals surface area contributed by atoms with Gasteiger partial charge in [0.25, 0.3) is 0 Å². The number of aromatic nitrogens is 2. The quantitative estimate of drug-likeness (QED) is 0.862. The largest absolute Gasteiger partial charge is 0.391 e. The Kier molecular flexibility index (Phi) is 3.63. The summed E-state index contributed by atoms with van der Waals surface area (Å²) in [6, 6.07) is 0. The van der Waals surface area contributed by atoms with Gasteiger partial charge in [-0.3, -0.25) is 0 Å². The van der Waals surface area contributed by atoms with Gasteiger partial charge in [0.05, 0.1) is 12.2 Å². The summed E-state index contributed by atoms with van der Waals surface area (Å²) in [6.07, 6.45) is 7.04. The highest BCUT2D eigenvalue weighted by atomic mass is 35.5. The molecule has 3 atom stereocenters. The lowest BCUT2D eigenvalue weighted by Crippen LogP contribution is -2.30. The molecule has 0 spiro atoms. The second-order valence-corrected chi connectivity index (χ2v) is 6.30. The lowest BCUT2D eigenvalue weighted by atomic mass is 9.88. The fourth-order valence-corrected chi connectivity index (χ4v) is 4.07. The van der Waals surface area contributed by atoms with Crippen LogP contribution in [0.4, 0.5) is 5.82 Å². The molecular weight excluding hydrogens is 262 g/mol. The van der Waals surface area contributed by atoms with Gasteiger partial charge >= 0.3 is 0 Å². The number of aliphatic hydroxyl groups excluding tert-OH is 1. The highest BCUT2D eigenvalue weighted by molar-refractivity contribution is 6.30. The summed E-state index contributed by atoms with van der Waals surface area (Å²) in [4.78, 5) is 10.3. The van der Waals surface area contributed by atoms with E-state index in [0.717, 1.165) is 30.1 Å². The van der Waals surface area contributed by atoms with Crippen LogP contribution in [-0.2, 0) is 6.61 Å². The van der Waals surface area contributed by atoms with Crippen LogP contribution in [0, 0.1) is 17.8 Å². The molecule has 1 aromatic rings. The van der Waals surface area contributed by atoms with Gasteiger partial charge in [-0.2, -0.15) is 0 Å². The van der Waals surface area contributed by atoms with Crippen molar-refractivity contribution >= 4 is 17.4 Å². The summed E-state index contributed by atoms with van der Waals surface area (Å²) >= 11 is 6.02. The van der Waals surface area contributed by atoms with Crippen LogP contribution in [0.25, 0.3) is 0 Å². The second-order valence-electron chi connectivity index (χ2n) is 5.94. The molecule has 1 N–H and O–H groups in total. The van der Waals surface area contributed by atoms with Crippen molar-refractivity contribution in [1.29, 1.82) is 0 Å². The van der Waals surface area contributed by atoms with E-state index in [1.165, 1.54) is 32.0 Å². The van der Waals surface area contributed by atoms with Crippen molar-refractivity contribution in [3.05, 3.63) is 17.0 Å². The van der Waals surface area contributed by atoms with Gasteiger partial charge in [-0.15, -0.1) is 0 Å². The topological polar surface area (TPSA) is 49.2 Å². The number of hydrogen-bond donors (Lipinski definition) is 1. The molecule has 2 bridgehead atoms. The van der Waals surface area contributed by atoms with Gasteiger partial charge in [0, 0.05) is 13.6 Å². The minimum atomic E-state index is -0.115. The Morgan fingerprint density at radius 3 is 2.84 bits per heavy atom. The SMILES string of the molecule is CN(CC1CC2CCC1C2)c1ncnc(Cl)c1CO. The molecule has 2 aliphatic carbocycles. The number of hydrogen-bond acceptors (Lipinski definition) is 4. The van der Waals surface area contributed by atoms with Crippen LogP contribution in [0.3, 0.4) is 0 Å². The van der Waals surface area contributed by atoms with Crippen molar-refractivity contribution in [2.75, 3.05) is 18.5 Å². The van der Waals surface area contributed by atoms with Gasteiger partial charge in [-0.25, -0.2) is 9.97 Å². The van der Waals surface area contributed by atoms with Gasteiger partial charge < -0.3 is 10.0 Å². The first-order chi connectivity index (χ1) is 9.19. The molecule has 2 fully saturated rings. The van der Waals surface area contributed by atoms with Crippen LogP contribution in [0.15, 0.2) is 6.33 Å². The normalized spacial score (nSPS) is 28.9. The van der Waals surface area contributed by atoms with Crippen molar-refractivity contribution in [3.63, 3.8) is 0 Å². The molecule has 0 radical (unpaired) electrons. The van der Waals surface area contributed by atoms with Crippen LogP contribution in [0.1, 0.15) is 31.2 Å². The molecule has 0 aliphatic heterocycles. The average Bonchev–Trinajstić information content (AvgIpc) is 3.00. The molecule has 2 saturated carbocycles. The highest BCUT2D eigenvalue weighted by Crippen LogP contribution is 2.48. The molecule has 0 aromatic carbocycles. The Balaban J connectivity index is 1.73. The Morgan fingerprint density at radius 2 is 2.21 bits per heavy atom. The number of halogens is 1. The fraction of sp³-hybridized carbons (Fsp3) is 0.714. The van der Waals surface area contributed by atoms with E-state index in [-0.39, 0.29) is 6.61 Å². The zero-order valence-corrected chi connectivity index (χ0v) is 12.0. The summed E-state index contributed by atoms with van der Waals surface area (Å²) in [5.74, 6) is 3.38. The number of rotatable bonds is 4. The summed E-state index contributed by atoms with van der Waals surface area (Å²) in [7, 11) is 2.03. The number of nitrogens with zero attached hydrogens (tertiary/aromatic N) is 3. The van der Waals surface area contributed by atoms with Crippen molar-refractivity contribution in [2.45, 2.75) is 32.3 Å². The molecule has 2 aliphatic rings. The van der Waals surface area contributed by atoms with Crippen LogP contribution < -0.4 is 4.90 Å². The molecule has 0 amide bonds. The summed E-state index contributed by atoms with van der Waals surface area (Å²) in [5, 5.41) is 9.78. The van der Waals surface area contributed by atoms with Gasteiger partial charge in [0.15, 0.2) is 0 Å². The minimum absolute atomic E-state index is 0.115. The van der Waals surface area contributed by atoms with Gasteiger partial charge in [-0.05, 0) is 37.0 Å². The lowest BCUT2D eigenvalue weighted by molar-refractivity contribution is 0.280. The predicted molar refractivity (Wildman–Crippen MR) is 75.2 cm³/mol. The Morgan fingerprint density at radius 1 is 1.37 bits per heavy atom. The smallest absolute Gasteiger partial charge is 0.140 e. The first-order valence-corrected chi connectivity index (χ1v) is 7.38. The first-order valence-electron chi connectivity index (χ1n) is 7.00. The maximum absolute atomic E-state index is 9.42. The zero-order valence-electron chi connectivity index (χ0n) is 11.2. The molecule has 3 rings (SSSR count). The number of anilines is 1. The van der Waals surface area contributed by atoms with E-state index in [9.17, 15) is 5.11 Å². The third-order valence-corrected chi connectivity index (χ3v) is 5.11. The summed E-state index contributed by atoms with van der Waals surface area (Å²) in [5.41, 5.74) is 0.634. The van der Waals surface area contributed by atoms with Crippen LogP contribution in [-0.4, -0.2) is 28.7 Å². The number of aliphatic hydroxyl groups is 1. The van der Waals surface area contributed by atoms with E-state index in [1.807, 2.05) is 7.05 Å². The van der Waals surface area contributed by atoms with E-state index in [0.29, 0.717) is 10.7 Å². The molecule has 1 heterocycles. The molecule has 104 valence electrons. The van der Waals surface area contributed by atoms with E-state index in [4.69, 9.17) is 11.6 Å². The maximum Gasteiger partial charge on any atom is 0.140 e. The molecular formula is C14H20ClN3O. The predicted octanol–water partition coefficient (Wildman–Crippen LogP) is 2.49. The van der Waals surface area contributed by atoms with E-state index < -0.39 is 0 Å². The van der Waals surface area contributed by atoms with E-state index in [1.54, 1.807) is 0 Å². The monoisotopic (exact) mass is 281 g/mol. The fourth-order valence-electron chi connectivity index (χ4n) is 3.89. The van der Waals surface area contributed by atoms with Crippen LogP contribution in [0.5, 0.6) is 0 Å². The Labute approximate surface area is 118 Å². The third kappa shape index (κ3) is 2.43. The van der Waals surface area contributed by atoms with Crippen LogP contribution >= 0.6 is 11.6 Å². The molecule has 5 heteroatoms. The molecule has 1 aromatic heterocycles. The molecule has 4 nitrogen and oxygen atoms in total. The van der Waals surface area contributed by atoms with E-state index in [2.05, 4.69) is 14.9 Å². The van der Waals surface area contributed by atoms with Crippen LogP contribution in [0.2, 0.25) is 5.15 Å². The Hall–Kier alpha value is -0.870. The van der Waals surface area contributed by atoms with Gasteiger partial charge in [0.1, 0.15) is 17.3 Å². The standard InChI is InChI=1S/C14H20ClN3O/c1-18(6-11-5-9-2-3-10(11)4-9)14-12(7-19)13(15)16-8-17-14/h8-11,19H,2-7H2,1H3. The maximum atomic E-state index is 9.42. The average molecular weight is 282 g/mol. The van der Waals surface area contributed by atoms with Gasteiger partial charge in [-0.1, -0.05) is 18.0 Å². The highest BCUT2D eigenvalue weighted by Gasteiger charge is 2.39. The van der Waals surface area contributed by atoms with Crippen molar-refractivity contribution < 1.29 is 5.11 Å². The summed E-state index contributed by atoms with van der Waals surface area (Å²) in [6.45, 7) is 0.886. The van der Waals surface area contributed by atoms with Crippen molar-refractivity contribution in [2.24, 2.45) is 17.8 Å². The van der Waals surface area contributed by atoms with Crippen molar-refractivity contribution in [3.8, 4) is 0 Å². The Bertz CT molecular complexity index is 468. The van der Waals surface area contributed by atoms with E-state index >= 15 is 0 Å². The molecule has 3 unspecified atom stereocenters. The number of fused-ring (bicyclic) bond motifs is 2. The lowest BCUT2D eigenvalue weighted by Gasteiger charge is -2.28. The third-order valence-electron chi connectivity index (χ3n) is 4.78. The minimum Gasteiger partial charge on any atom is -0.391 e. The molecule has 0 saturated heterocycles. The summed E-state index contributed by atoms with van der Waals surface area (Å²) < 4.78 is 0. The van der Waals surface area contributed by atoms with Crippen molar-refractivity contribution in [1.82, 2.24) is 9.97 Å². The zero-order chi connectivity index (χ0) is 13.4. The second kappa shape index (κ2) is 5.25.